The predicted octanol–water partition coefficient (Wildman–Crippen LogP) is 1.32. The summed E-state index contributed by atoms with van der Waals surface area (Å²) in [6.07, 6.45) is 3.40. The Morgan fingerprint density at radius 2 is 2.25 bits per heavy atom. The summed E-state index contributed by atoms with van der Waals surface area (Å²) in [4.78, 5) is 21.1. The smallest absolute Gasteiger partial charge is 0.346 e. The lowest BCUT2D eigenvalue weighted by molar-refractivity contribution is 0.190. The molecule has 5 nitrogen and oxygen atoms in total. The lowest BCUT2D eigenvalue weighted by Crippen LogP contribution is -2.38. The second kappa shape index (κ2) is 3.92. The van der Waals surface area contributed by atoms with Crippen LogP contribution in [0.25, 0.3) is 0 Å². The van der Waals surface area contributed by atoms with Crippen LogP contribution in [0.1, 0.15) is 25.5 Å². The van der Waals surface area contributed by atoms with Crippen LogP contribution in [0.4, 0.5) is 4.79 Å². The first-order valence-corrected chi connectivity index (χ1v) is 5.17. The molecule has 0 aromatic carbocycles. The second-order valence-electron chi connectivity index (χ2n) is 4.01. The lowest BCUT2D eigenvalue weighted by Gasteiger charge is -2.27. The van der Waals surface area contributed by atoms with Crippen LogP contribution in [0.15, 0.2) is 29.5 Å². The molecule has 2 heterocycles. The number of carbonyl (C=O) groups is 1. The fraction of sp³-hybridized carbons (Fsp3) is 0.364. The Labute approximate surface area is 94.0 Å². The lowest BCUT2D eigenvalue weighted by atomic mass is 10.1. The molecule has 1 unspecified atom stereocenters. The molecule has 0 saturated carbocycles. The van der Waals surface area contributed by atoms with Crippen molar-refractivity contribution in [3.05, 3.63) is 30.1 Å². The highest BCUT2D eigenvalue weighted by Gasteiger charge is 2.36. The fourth-order valence-electron chi connectivity index (χ4n) is 1.87. The number of pyridine rings is 1. The molecule has 2 N–H and O–H groups in total. The third kappa shape index (κ3) is 1.64. The van der Waals surface area contributed by atoms with Crippen LogP contribution in [0.2, 0.25) is 0 Å². The maximum Gasteiger partial charge on any atom is 0.346 e. The molecule has 5 heteroatoms. The Hall–Kier alpha value is -1.91. The number of amides is 2. The van der Waals surface area contributed by atoms with Gasteiger partial charge in [0.05, 0.1) is 0 Å². The van der Waals surface area contributed by atoms with E-state index in [0.29, 0.717) is 5.84 Å². The van der Waals surface area contributed by atoms with Gasteiger partial charge in [0.2, 0.25) is 0 Å². The largest absolute Gasteiger partial charge is 0.385 e. The van der Waals surface area contributed by atoms with Crippen LogP contribution in [-0.2, 0) is 0 Å². The van der Waals surface area contributed by atoms with Gasteiger partial charge in [-0.2, -0.15) is 4.99 Å². The van der Waals surface area contributed by atoms with Crippen molar-refractivity contribution in [2.45, 2.75) is 25.9 Å². The van der Waals surface area contributed by atoms with E-state index in [-0.39, 0.29) is 18.1 Å². The van der Waals surface area contributed by atoms with Crippen LogP contribution in [-0.4, -0.2) is 27.8 Å². The van der Waals surface area contributed by atoms with Gasteiger partial charge in [0.15, 0.2) is 0 Å². The van der Waals surface area contributed by atoms with Gasteiger partial charge < -0.3 is 10.6 Å². The molecular formula is C11H14N4O. The summed E-state index contributed by atoms with van der Waals surface area (Å²) >= 11 is 0. The maximum atomic E-state index is 11.6. The normalized spacial score (nSPS) is 20.4. The summed E-state index contributed by atoms with van der Waals surface area (Å²) in [6, 6.07) is 3.22. The van der Waals surface area contributed by atoms with Gasteiger partial charge in [0.25, 0.3) is 0 Å². The van der Waals surface area contributed by atoms with E-state index in [9.17, 15) is 4.79 Å². The van der Waals surface area contributed by atoms with Gasteiger partial charge in [-0.1, -0.05) is 6.07 Å². The van der Waals surface area contributed by atoms with Crippen molar-refractivity contribution in [1.29, 1.82) is 0 Å². The predicted molar refractivity (Wildman–Crippen MR) is 61.0 cm³/mol. The number of urea groups is 1. The molecule has 2 amide bonds. The number of aliphatic imine (C=N–C) groups is 1. The molecule has 1 aliphatic rings. The molecule has 0 aliphatic carbocycles. The first kappa shape index (κ1) is 10.6. The van der Waals surface area contributed by atoms with Crippen molar-refractivity contribution in [3.8, 4) is 0 Å². The Morgan fingerprint density at radius 3 is 2.81 bits per heavy atom. The number of hydrogen-bond acceptors (Lipinski definition) is 3. The molecule has 0 bridgehead atoms. The van der Waals surface area contributed by atoms with Gasteiger partial charge in [0.1, 0.15) is 11.9 Å². The average molecular weight is 218 g/mol. The van der Waals surface area contributed by atoms with Gasteiger partial charge in [0, 0.05) is 24.0 Å². The highest BCUT2D eigenvalue weighted by molar-refractivity contribution is 6.03. The quantitative estimate of drug-likeness (QED) is 0.813. The molecule has 16 heavy (non-hydrogen) atoms. The molecule has 0 saturated heterocycles. The number of nitrogens with zero attached hydrogens (tertiary/aromatic N) is 3. The van der Waals surface area contributed by atoms with E-state index >= 15 is 0 Å². The van der Waals surface area contributed by atoms with Crippen LogP contribution in [0.3, 0.4) is 0 Å². The van der Waals surface area contributed by atoms with Gasteiger partial charge in [-0.25, -0.2) is 4.79 Å². The van der Waals surface area contributed by atoms with Crippen LogP contribution in [0.5, 0.6) is 0 Å². The van der Waals surface area contributed by atoms with E-state index in [1.807, 2.05) is 26.0 Å². The SMILES string of the molecule is CC(C)N1C(=O)N=C(N)C1c1cccnc1. The number of aromatic nitrogens is 1. The van der Waals surface area contributed by atoms with E-state index < -0.39 is 0 Å². The third-order valence-electron chi connectivity index (χ3n) is 2.56. The first-order valence-electron chi connectivity index (χ1n) is 5.17. The average Bonchev–Trinajstić information content (AvgIpc) is 2.55. The van der Waals surface area contributed by atoms with Crippen molar-refractivity contribution >= 4 is 11.9 Å². The number of carbonyl (C=O) groups excluding carboxylic acids is 1. The van der Waals surface area contributed by atoms with E-state index in [4.69, 9.17) is 5.73 Å². The summed E-state index contributed by atoms with van der Waals surface area (Å²) in [5.41, 5.74) is 6.68. The van der Waals surface area contributed by atoms with Crippen LogP contribution >= 0.6 is 0 Å². The zero-order valence-electron chi connectivity index (χ0n) is 9.29. The summed E-state index contributed by atoms with van der Waals surface area (Å²) in [6.45, 7) is 3.88. The van der Waals surface area contributed by atoms with E-state index in [1.54, 1.807) is 17.3 Å². The highest BCUT2D eigenvalue weighted by Crippen LogP contribution is 2.28. The molecule has 2 rings (SSSR count). The molecule has 84 valence electrons. The van der Waals surface area contributed by atoms with Gasteiger partial charge in [-0.3, -0.25) is 4.98 Å². The minimum absolute atomic E-state index is 0.0579. The first-order chi connectivity index (χ1) is 7.61. The van der Waals surface area contributed by atoms with E-state index in [2.05, 4.69) is 9.98 Å². The maximum absolute atomic E-state index is 11.6. The highest BCUT2D eigenvalue weighted by atomic mass is 16.2. The Bertz CT molecular complexity index is 427. The summed E-state index contributed by atoms with van der Waals surface area (Å²) in [5.74, 6) is 0.340. The molecule has 0 radical (unpaired) electrons. The van der Waals surface area contributed by atoms with Crippen molar-refractivity contribution in [2.75, 3.05) is 0 Å². The van der Waals surface area contributed by atoms with Crippen LogP contribution < -0.4 is 5.73 Å². The van der Waals surface area contributed by atoms with Gasteiger partial charge in [-0.15, -0.1) is 0 Å². The third-order valence-corrected chi connectivity index (χ3v) is 2.56. The number of rotatable bonds is 2. The standard InChI is InChI=1S/C11H14N4O/c1-7(2)15-9(10(12)14-11(15)16)8-4-3-5-13-6-8/h3-7,9H,1-2H3,(H2,12,14,16). The molecule has 1 atom stereocenters. The summed E-state index contributed by atoms with van der Waals surface area (Å²) in [5, 5.41) is 0. The van der Waals surface area contributed by atoms with Crippen molar-refractivity contribution in [1.82, 2.24) is 9.88 Å². The zero-order valence-corrected chi connectivity index (χ0v) is 9.29. The summed E-state index contributed by atoms with van der Waals surface area (Å²) in [7, 11) is 0. The minimum Gasteiger partial charge on any atom is -0.385 e. The molecule has 1 aliphatic heterocycles. The van der Waals surface area contributed by atoms with Gasteiger partial charge >= 0.3 is 6.03 Å². The Balaban J connectivity index is 2.39. The second-order valence-corrected chi connectivity index (χ2v) is 4.01. The molecular weight excluding hydrogens is 204 g/mol. The fourth-order valence-corrected chi connectivity index (χ4v) is 1.87. The monoisotopic (exact) mass is 218 g/mol. The number of amidine groups is 1. The van der Waals surface area contributed by atoms with Crippen LogP contribution in [0, 0.1) is 0 Å². The molecule has 0 fully saturated rings. The molecule has 1 aromatic rings. The number of nitrogens with two attached hydrogens (primary N) is 1. The number of hydrogen-bond donors (Lipinski definition) is 1. The van der Waals surface area contributed by atoms with Crippen molar-refractivity contribution < 1.29 is 4.79 Å². The van der Waals surface area contributed by atoms with Gasteiger partial charge in [-0.05, 0) is 19.9 Å². The molecule has 0 spiro atoms. The van der Waals surface area contributed by atoms with E-state index in [0.717, 1.165) is 5.56 Å². The minimum atomic E-state index is -0.277. The topological polar surface area (TPSA) is 71.6 Å². The Kier molecular flexibility index (Phi) is 2.60. The Morgan fingerprint density at radius 1 is 1.50 bits per heavy atom. The van der Waals surface area contributed by atoms with E-state index in [1.165, 1.54) is 0 Å². The molecule has 1 aromatic heterocycles. The van der Waals surface area contributed by atoms with Crippen molar-refractivity contribution in [3.63, 3.8) is 0 Å². The van der Waals surface area contributed by atoms with Crippen molar-refractivity contribution in [2.24, 2.45) is 10.7 Å². The summed E-state index contributed by atoms with van der Waals surface area (Å²) < 4.78 is 0. The zero-order chi connectivity index (χ0) is 11.7.